The fraction of sp³-hybridized carbons (Fsp3) is 0.409. The predicted molar refractivity (Wildman–Crippen MR) is 117 cm³/mol. The van der Waals surface area contributed by atoms with Gasteiger partial charge in [0.05, 0.1) is 7.11 Å². The molecule has 4 heterocycles. The summed E-state index contributed by atoms with van der Waals surface area (Å²) in [6.07, 6.45) is 1.66. The van der Waals surface area contributed by atoms with E-state index in [2.05, 4.69) is 9.88 Å². The first kappa shape index (κ1) is 20.0. The van der Waals surface area contributed by atoms with Crippen LogP contribution < -0.4 is 4.74 Å². The summed E-state index contributed by atoms with van der Waals surface area (Å²) in [6.45, 7) is 6.28. The van der Waals surface area contributed by atoms with Crippen LogP contribution in [0.1, 0.15) is 25.9 Å². The number of carbonyl (C=O) groups excluding carboxylic acids is 2. The number of hydrogen-bond acceptors (Lipinski definition) is 7. The third-order valence-electron chi connectivity index (χ3n) is 6.22. The van der Waals surface area contributed by atoms with Crippen LogP contribution >= 0.6 is 11.3 Å². The van der Waals surface area contributed by atoms with Gasteiger partial charge in [-0.1, -0.05) is 0 Å². The van der Waals surface area contributed by atoms with E-state index >= 15 is 0 Å². The van der Waals surface area contributed by atoms with Gasteiger partial charge in [0, 0.05) is 73.9 Å². The summed E-state index contributed by atoms with van der Waals surface area (Å²) in [6, 6.07) is 5.93. The van der Waals surface area contributed by atoms with Crippen LogP contribution in [0.4, 0.5) is 0 Å². The number of rotatable bonds is 4. The van der Waals surface area contributed by atoms with Gasteiger partial charge in [0.15, 0.2) is 10.8 Å². The standard InChI is InChI=1S/C22H24N4O4S/c1-14-17-4-3-16(29-2)11-18(17)30-19(14)21(27)26-12-15(13-26)24-6-8-25(9-7-24)22(28)20-23-5-10-31-20/h3-5,10-11,15H,6-9,12-13H2,1-2H3. The molecule has 9 heteroatoms. The first-order valence-corrected chi connectivity index (χ1v) is 11.2. The first-order valence-electron chi connectivity index (χ1n) is 10.3. The number of carbonyl (C=O) groups is 2. The minimum absolute atomic E-state index is 0.0112. The summed E-state index contributed by atoms with van der Waals surface area (Å²) in [5.74, 6) is 1.05. The van der Waals surface area contributed by atoms with Crippen LogP contribution in [-0.4, -0.2) is 83.9 Å². The predicted octanol–water partition coefficient (Wildman–Crippen LogP) is 2.49. The molecule has 0 spiro atoms. The second-order valence-corrected chi connectivity index (χ2v) is 8.84. The molecule has 0 atom stereocenters. The Balaban J connectivity index is 1.18. The summed E-state index contributed by atoms with van der Waals surface area (Å²) in [4.78, 5) is 35.6. The lowest BCUT2D eigenvalue weighted by Crippen LogP contribution is -2.64. The number of aromatic nitrogens is 1. The van der Waals surface area contributed by atoms with Gasteiger partial charge in [-0.05, 0) is 19.1 Å². The number of nitrogens with zero attached hydrogens (tertiary/aromatic N) is 4. The largest absolute Gasteiger partial charge is 0.497 e. The molecule has 1 aromatic carbocycles. The highest BCUT2D eigenvalue weighted by atomic mass is 32.1. The zero-order chi connectivity index (χ0) is 21.5. The monoisotopic (exact) mass is 440 g/mol. The van der Waals surface area contributed by atoms with Gasteiger partial charge < -0.3 is 19.0 Å². The molecule has 31 heavy (non-hydrogen) atoms. The Labute approximate surface area is 184 Å². The van der Waals surface area contributed by atoms with Gasteiger partial charge in [-0.25, -0.2) is 4.98 Å². The Kier molecular flexibility index (Phi) is 5.15. The molecule has 2 aromatic heterocycles. The van der Waals surface area contributed by atoms with Crippen molar-refractivity contribution in [1.29, 1.82) is 0 Å². The second-order valence-electron chi connectivity index (χ2n) is 7.95. The zero-order valence-corrected chi connectivity index (χ0v) is 18.4. The Morgan fingerprint density at radius 2 is 1.90 bits per heavy atom. The number of aryl methyl sites for hydroxylation is 1. The molecule has 0 unspecified atom stereocenters. The summed E-state index contributed by atoms with van der Waals surface area (Å²) in [5.41, 5.74) is 1.53. The average molecular weight is 441 g/mol. The van der Waals surface area contributed by atoms with Crippen molar-refractivity contribution in [3.8, 4) is 5.75 Å². The highest BCUT2D eigenvalue weighted by molar-refractivity contribution is 7.11. The van der Waals surface area contributed by atoms with E-state index in [1.807, 2.05) is 40.3 Å². The number of piperazine rings is 1. The van der Waals surface area contributed by atoms with Crippen molar-refractivity contribution in [3.05, 3.63) is 46.1 Å². The van der Waals surface area contributed by atoms with Crippen molar-refractivity contribution in [2.45, 2.75) is 13.0 Å². The number of ether oxygens (including phenoxy) is 1. The molecule has 2 saturated heterocycles. The maximum atomic E-state index is 13.0. The molecule has 0 aliphatic carbocycles. The summed E-state index contributed by atoms with van der Waals surface area (Å²) >= 11 is 1.38. The van der Waals surface area contributed by atoms with Crippen LogP contribution in [0.15, 0.2) is 34.2 Å². The van der Waals surface area contributed by atoms with Gasteiger partial charge in [0.1, 0.15) is 11.3 Å². The molecule has 0 radical (unpaired) electrons. The van der Waals surface area contributed by atoms with E-state index in [4.69, 9.17) is 9.15 Å². The number of hydrogen-bond donors (Lipinski definition) is 0. The molecule has 0 N–H and O–H groups in total. The quantitative estimate of drug-likeness (QED) is 0.620. The lowest BCUT2D eigenvalue weighted by Gasteiger charge is -2.47. The topological polar surface area (TPSA) is 79.1 Å². The molecule has 0 bridgehead atoms. The molecule has 2 aliphatic rings. The highest BCUT2D eigenvalue weighted by Gasteiger charge is 2.38. The van der Waals surface area contributed by atoms with Crippen LogP contribution in [0.2, 0.25) is 0 Å². The molecule has 3 aromatic rings. The van der Waals surface area contributed by atoms with E-state index in [0.29, 0.717) is 54.3 Å². The third-order valence-corrected chi connectivity index (χ3v) is 6.98. The Morgan fingerprint density at radius 3 is 2.58 bits per heavy atom. The number of amides is 2. The average Bonchev–Trinajstić information content (AvgIpc) is 3.41. The summed E-state index contributed by atoms with van der Waals surface area (Å²) in [5, 5.41) is 3.30. The van der Waals surface area contributed by atoms with Crippen LogP contribution in [0, 0.1) is 6.92 Å². The fourth-order valence-electron chi connectivity index (χ4n) is 4.29. The van der Waals surface area contributed by atoms with Crippen molar-refractivity contribution < 1.29 is 18.7 Å². The Bertz CT molecular complexity index is 1110. The van der Waals surface area contributed by atoms with E-state index in [9.17, 15) is 9.59 Å². The fourth-order valence-corrected chi connectivity index (χ4v) is 4.89. The van der Waals surface area contributed by atoms with E-state index in [1.165, 1.54) is 11.3 Å². The Hall–Kier alpha value is -2.91. The van der Waals surface area contributed by atoms with Crippen molar-refractivity contribution in [1.82, 2.24) is 19.7 Å². The SMILES string of the molecule is COc1ccc2c(C)c(C(=O)N3CC(N4CCN(C(=O)c5nccs5)CC4)C3)oc2c1. The summed E-state index contributed by atoms with van der Waals surface area (Å²) < 4.78 is 11.1. The molecule has 5 rings (SSSR count). The minimum atomic E-state index is -0.0681. The van der Waals surface area contributed by atoms with Crippen molar-refractivity contribution in [2.75, 3.05) is 46.4 Å². The molecule has 2 amide bonds. The number of likely N-dealkylation sites (tertiary alicyclic amines) is 1. The van der Waals surface area contributed by atoms with E-state index in [0.717, 1.165) is 24.0 Å². The molecule has 2 fully saturated rings. The van der Waals surface area contributed by atoms with E-state index in [1.54, 1.807) is 13.3 Å². The molecular formula is C22H24N4O4S. The number of fused-ring (bicyclic) bond motifs is 1. The smallest absolute Gasteiger partial charge is 0.289 e. The first-order chi connectivity index (χ1) is 15.0. The van der Waals surface area contributed by atoms with Gasteiger partial charge in [-0.2, -0.15) is 0 Å². The normalized spacial score (nSPS) is 17.7. The van der Waals surface area contributed by atoms with Gasteiger partial charge in [0.2, 0.25) is 0 Å². The van der Waals surface area contributed by atoms with Crippen LogP contribution in [0.3, 0.4) is 0 Å². The van der Waals surface area contributed by atoms with Gasteiger partial charge in [0.25, 0.3) is 11.8 Å². The highest BCUT2D eigenvalue weighted by Crippen LogP contribution is 2.30. The maximum absolute atomic E-state index is 13.0. The second kappa shape index (κ2) is 7.97. The zero-order valence-electron chi connectivity index (χ0n) is 17.5. The number of methoxy groups -OCH3 is 1. The van der Waals surface area contributed by atoms with Crippen LogP contribution in [0.5, 0.6) is 5.75 Å². The van der Waals surface area contributed by atoms with Gasteiger partial charge in [-0.15, -0.1) is 11.3 Å². The van der Waals surface area contributed by atoms with Crippen LogP contribution in [0.25, 0.3) is 11.0 Å². The minimum Gasteiger partial charge on any atom is -0.497 e. The molecular weight excluding hydrogens is 416 g/mol. The van der Waals surface area contributed by atoms with Crippen molar-refractivity contribution in [3.63, 3.8) is 0 Å². The lowest BCUT2D eigenvalue weighted by molar-refractivity contribution is 0.00703. The van der Waals surface area contributed by atoms with E-state index < -0.39 is 0 Å². The van der Waals surface area contributed by atoms with Gasteiger partial charge >= 0.3 is 0 Å². The van der Waals surface area contributed by atoms with E-state index in [-0.39, 0.29) is 11.8 Å². The maximum Gasteiger partial charge on any atom is 0.289 e. The van der Waals surface area contributed by atoms with Crippen molar-refractivity contribution in [2.24, 2.45) is 0 Å². The lowest BCUT2D eigenvalue weighted by atomic mass is 10.0. The molecule has 2 aliphatic heterocycles. The van der Waals surface area contributed by atoms with Crippen molar-refractivity contribution >= 4 is 34.1 Å². The van der Waals surface area contributed by atoms with Crippen LogP contribution in [-0.2, 0) is 0 Å². The number of thiazole rings is 1. The number of benzene rings is 1. The third kappa shape index (κ3) is 3.57. The molecule has 162 valence electrons. The Morgan fingerprint density at radius 1 is 1.13 bits per heavy atom. The molecule has 0 saturated carbocycles. The van der Waals surface area contributed by atoms with Gasteiger partial charge in [-0.3, -0.25) is 14.5 Å². The number of furan rings is 1. The summed E-state index contributed by atoms with van der Waals surface area (Å²) in [7, 11) is 1.61. The molecule has 8 nitrogen and oxygen atoms in total.